The number of aromatic nitrogens is 2. The maximum atomic E-state index is 12.2. The minimum atomic E-state index is -0.0980. The van der Waals surface area contributed by atoms with Gasteiger partial charge in [-0.15, -0.1) is 0 Å². The first-order valence-corrected chi connectivity index (χ1v) is 7.54. The molecule has 2 rings (SSSR count). The lowest BCUT2D eigenvalue weighted by atomic mass is 10.1. The molecule has 1 aromatic carbocycles. The molecular formula is C17H24N4O. The highest BCUT2D eigenvalue weighted by atomic mass is 16.2. The minimum absolute atomic E-state index is 0.0980. The van der Waals surface area contributed by atoms with E-state index in [1.807, 2.05) is 19.1 Å². The third-order valence-corrected chi connectivity index (χ3v) is 3.67. The van der Waals surface area contributed by atoms with Crippen LogP contribution in [0.4, 0.5) is 0 Å². The monoisotopic (exact) mass is 300 g/mol. The van der Waals surface area contributed by atoms with Crippen molar-refractivity contribution < 1.29 is 4.79 Å². The molecule has 0 bridgehead atoms. The van der Waals surface area contributed by atoms with Crippen LogP contribution < -0.4 is 5.32 Å². The van der Waals surface area contributed by atoms with Crippen molar-refractivity contribution in [1.82, 2.24) is 20.0 Å². The summed E-state index contributed by atoms with van der Waals surface area (Å²) >= 11 is 0. The zero-order valence-corrected chi connectivity index (χ0v) is 13.8. The van der Waals surface area contributed by atoms with Crippen LogP contribution in [0.15, 0.2) is 30.3 Å². The van der Waals surface area contributed by atoms with E-state index in [2.05, 4.69) is 41.4 Å². The second kappa shape index (κ2) is 7.22. The molecule has 1 aromatic heterocycles. The predicted molar refractivity (Wildman–Crippen MR) is 87.6 cm³/mol. The number of carbonyl (C=O) groups excluding carboxylic acids is 1. The molecule has 2 aromatic rings. The van der Waals surface area contributed by atoms with Crippen LogP contribution in [0.25, 0.3) is 0 Å². The summed E-state index contributed by atoms with van der Waals surface area (Å²) in [5.74, 6) is -0.0980. The van der Waals surface area contributed by atoms with Crippen LogP contribution >= 0.6 is 0 Å². The summed E-state index contributed by atoms with van der Waals surface area (Å²) in [5, 5.41) is 7.14. The topological polar surface area (TPSA) is 50.2 Å². The van der Waals surface area contributed by atoms with Crippen LogP contribution in [0.1, 0.15) is 34.2 Å². The van der Waals surface area contributed by atoms with Gasteiger partial charge in [0.25, 0.3) is 5.91 Å². The molecule has 0 radical (unpaired) electrons. The van der Waals surface area contributed by atoms with Gasteiger partial charge in [-0.3, -0.25) is 9.48 Å². The van der Waals surface area contributed by atoms with Crippen molar-refractivity contribution in [2.45, 2.75) is 26.9 Å². The Kier molecular flexibility index (Phi) is 5.33. The van der Waals surface area contributed by atoms with Crippen molar-refractivity contribution in [2.24, 2.45) is 7.05 Å². The summed E-state index contributed by atoms with van der Waals surface area (Å²) in [6.07, 6.45) is 0. The number of hydrogen-bond donors (Lipinski definition) is 1. The van der Waals surface area contributed by atoms with E-state index in [-0.39, 0.29) is 5.91 Å². The fourth-order valence-electron chi connectivity index (χ4n) is 2.36. The molecule has 5 heteroatoms. The molecule has 0 saturated heterocycles. The van der Waals surface area contributed by atoms with Gasteiger partial charge in [0.1, 0.15) is 5.69 Å². The van der Waals surface area contributed by atoms with Gasteiger partial charge < -0.3 is 10.2 Å². The van der Waals surface area contributed by atoms with Gasteiger partial charge in [-0.25, -0.2) is 0 Å². The fraction of sp³-hybridized carbons (Fsp3) is 0.412. The van der Waals surface area contributed by atoms with Crippen LogP contribution in [0, 0.1) is 6.92 Å². The molecule has 1 N–H and O–H groups in total. The van der Waals surface area contributed by atoms with Gasteiger partial charge in [-0.2, -0.15) is 5.10 Å². The normalized spacial score (nSPS) is 11.0. The van der Waals surface area contributed by atoms with Gasteiger partial charge in [0.2, 0.25) is 0 Å². The average molecular weight is 300 g/mol. The SMILES string of the molecule is CCN(C)Cc1cccc(CNC(=O)c2cc(C)nn2C)c1. The van der Waals surface area contributed by atoms with E-state index in [0.717, 1.165) is 24.3 Å². The Morgan fingerprint density at radius 3 is 2.68 bits per heavy atom. The molecule has 0 unspecified atom stereocenters. The number of benzene rings is 1. The number of hydrogen-bond acceptors (Lipinski definition) is 3. The van der Waals surface area contributed by atoms with Crippen molar-refractivity contribution >= 4 is 5.91 Å². The number of rotatable bonds is 6. The summed E-state index contributed by atoms with van der Waals surface area (Å²) in [6.45, 7) is 6.47. The Bertz CT molecular complexity index is 648. The molecular weight excluding hydrogens is 276 g/mol. The maximum Gasteiger partial charge on any atom is 0.269 e. The lowest BCUT2D eigenvalue weighted by Crippen LogP contribution is -2.25. The summed E-state index contributed by atoms with van der Waals surface area (Å²) in [6, 6.07) is 10.1. The molecule has 22 heavy (non-hydrogen) atoms. The zero-order chi connectivity index (χ0) is 16.1. The Hall–Kier alpha value is -2.14. The van der Waals surface area contributed by atoms with Crippen molar-refractivity contribution in [2.75, 3.05) is 13.6 Å². The lowest BCUT2D eigenvalue weighted by molar-refractivity contribution is 0.0941. The Morgan fingerprint density at radius 2 is 2.05 bits per heavy atom. The molecule has 0 spiro atoms. The molecule has 1 heterocycles. The first-order chi connectivity index (χ1) is 10.5. The van der Waals surface area contributed by atoms with Crippen molar-refractivity contribution in [1.29, 1.82) is 0 Å². The third-order valence-electron chi connectivity index (χ3n) is 3.67. The van der Waals surface area contributed by atoms with Crippen LogP contribution in [0.2, 0.25) is 0 Å². The second-order valence-electron chi connectivity index (χ2n) is 5.63. The van der Waals surface area contributed by atoms with Crippen LogP contribution in [-0.2, 0) is 20.1 Å². The van der Waals surface area contributed by atoms with Gasteiger partial charge in [-0.1, -0.05) is 31.2 Å². The predicted octanol–water partition coefficient (Wildman–Crippen LogP) is 2.11. The van der Waals surface area contributed by atoms with Gasteiger partial charge in [0.05, 0.1) is 5.69 Å². The molecule has 118 valence electrons. The van der Waals surface area contributed by atoms with E-state index < -0.39 is 0 Å². The van der Waals surface area contributed by atoms with Gasteiger partial charge in [0, 0.05) is 20.1 Å². The zero-order valence-electron chi connectivity index (χ0n) is 13.8. The number of nitrogens with one attached hydrogen (secondary N) is 1. The largest absolute Gasteiger partial charge is 0.347 e. The van der Waals surface area contributed by atoms with Crippen LogP contribution in [-0.4, -0.2) is 34.2 Å². The van der Waals surface area contributed by atoms with Crippen LogP contribution in [0.3, 0.4) is 0 Å². The first-order valence-electron chi connectivity index (χ1n) is 7.54. The third kappa shape index (κ3) is 4.18. The van der Waals surface area contributed by atoms with E-state index in [1.54, 1.807) is 17.8 Å². The number of amides is 1. The molecule has 0 saturated carbocycles. The highest BCUT2D eigenvalue weighted by Crippen LogP contribution is 2.08. The minimum Gasteiger partial charge on any atom is -0.347 e. The number of carbonyl (C=O) groups is 1. The quantitative estimate of drug-likeness (QED) is 0.889. The van der Waals surface area contributed by atoms with Crippen molar-refractivity contribution in [3.8, 4) is 0 Å². The second-order valence-corrected chi connectivity index (χ2v) is 5.63. The van der Waals surface area contributed by atoms with E-state index in [1.165, 1.54) is 5.56 Å². The number of nitrogens with zero attached hydrogens (tertiary/aromatic N) is 3. The molecule has 0 atom stereocenters. The van der Waals surface area contributed by atoms with Gasteiger partial charge in [0.15, 0.2) is 0 Å². The molecule has 0 aliphatic carbocycles. The Morgan fingerprint density at radius 1 is 1.32 bits per heavy atom. The molecule has 0 fully saturated rings. The maximum absolute atomic E-state index is 12.2. The highest BCUT2D eigenvalue weighted by molar-refractivity contribution is 5.92. The Labute approximate surface area is 131 Å². The fourth-order valence-corrected chi connectivity index (χ4v) is 2.36. The summed E-state index contributed by atoms with van der Waals surface area (Å²) in [5.41, 5.74) is 3.79. The molecule has 0 aliphatic heterocycles. The lowest BCUT2D eigenvalue weighted by Gasteiger charge is -2.14. The van der Waals surface area contributed by atoms with Crippen molar-refractivity contribution in [3.63, 3.8) is 0 Å². The average Bonchev–Trinajstić information content (AvgIpc) is 2.84. The molecule has 0 aliphatic rings. The van der Waals surface area contributed by atoms with Gasteiger partial charge in [-0.05, 0) is 37.7 Å². The van der Waals surface area contributed by atoms with Crippen LogP contribution in [0.5, 0.6) is 0 Å². The van der Waals surface area contributed by atoms with E-state index in [0.29, 0.717) is 12.2 Å². The standard InChI is InChI=1S/C17H24N4O/c1-5-20(3)12-15-8-6-7-14(10-15)11-18-17(22)16-9-13(2)19-21(16)4/h6-10H,5,11-12H2,1-4H3,(H,18,22). The van der Waals surface area contributed by atoms with Gasteiger partial charge >= 0.3 is 0 Å². The highest BCUT2D eigenvalue weighted by Gasteiger charge is 2.11. The van der Waals surface area contributed by atoms with E-state index in [4.69, 9.17) is 0 Å². The summed E-state index contributed by atoms with van der Waals surface area (Å²) in [4.78, 5) is 14.4. The first kappa shape index (κ1) is 16.2. The number of aryl methyl sites for hydroxylation is 2. The Balaban J connectivity index is 1.98. The molecule has 1 amide bonds. The van der Waals surface area contributed by atoms with E-state index in [9.17, 15) is 4.79 Å². The van der Waals surface area contributed by atoms with Crippen molar-refractivity contribution in [3.05, 3.63) is 52.8 Å². The smallest absolute Gasteiger partial charge is 0.269 e. The summed E-state index contributed by atoms with van der Waals surface area (Å²) in [7, 11) is 3.88. The molecule has 5 nitrogen and oxygen atoms in total. The van der Waals surface area contributed by atoms with E-state index >= 15 is 0 Å². The summed E-state index contributed by atoms with van der Waals surface area (Å²) < 4.78 is 1.61.